The van der Waals surface area contributed by atoms with Gasteiger partial charge in [0.05, 0.1) is 34.2 Å². The average molecular weight is 646 g/mol. The van der Waals surface area contributed by atoms with Crippen LogP contribution in [0.15, 0.2) is 196 Å². The summed E-state index contributed by atoms with van der Waals surface area (Å²) in [6.07, 6.45) is 25.3. The highest BCUT2D eigenvalue weighted by atomic mass is 15.0. The number of pyridine rings is 1. The molecule has 2 aromatic heterocycles. The Bertz CT molecular complexity index is 2430. The highest BCUT2D eigenvalue weighted by molar-refractivity contribution is 6.37. The molecule has 6 heteroatoms. The predicted octanol–water partition coefficient (Wildman–Crippen LogP) is 8.19. The van der Waals surface area contributed by atoms with E-state index in [0.717, 1.165) is 90.2 Å². The van der Waals surface area contributed by atoms with Gasteiger partial charge < -0.3 is 9.88 Å². The largest absolute Gasteiger partial charge is 0.357 e. The van der Waals surface area contributed by atoms with Crippen molar-refractivity contribution < 1.29 is 4.57 Å². The fourth-order valence-electron chi connectivity index (χ4n) is 6.89. The average Bonchev–Trinajstić information content (AvgIpc) is 3.98. The molecule has 4 aromatic rings. The van der Waals surface area contributed by atoms with Gasteiger partial charge in [-0.1, -0.05) is 60.7 Å². The number of H-pyrrole nitrogens is 1. The molecule has 8 bridgehead atoms. The van der Waals surface area contributed by atoms with E-state index in [2.05, 4.69) is 151 Å². The summed E-state index contributed by atoms with van der Waals surface area (Å²) in [4.78, 5) is 21.9. The summed E-state index contributed by atoms with van der Waals surface area (Å²) in [6, 6.07) is 29.4. The van der Waals surface area contributed by atoms with Gasteiger partial charge in [-0.25, -0.2) is 19.5 Å². The molecule has 9 rings (SSSR count). The second kappa shape index (κ2) is 12.1. The predicted molar refractivity (Wildman–Crippen MR) is 204 cm³/mol. The van der Waals surface area contributed by atoms with E-state index in [4.69, 9.17) is 15.0 Å². The van der Waals surface area contributed by atoms with Crippen LogP contribution in [0.3, 0.4) is 0 Å². The standard InChI is InChI=1S/C44H33N6/c1-49-25-21-31(22-26-49)43-37-17-15-35(46-37)41(29-9-5-3-6-10-29)33-13-14-34(45-33)42(30-11-7-4-8-12-30)36-16-18-38(47-36)44(40-20-19-39(43)48-40)32-23-27-50(2)28-24-32/h3-28,48H,1-2H3/q+1. The maximum Gasteiger partial charge on any atom is 0.169 e. The number of aliphatic imine (C=N–C) groups is 3. The highest BCUT2D eigenvalue weighted by Crippen LogP contribution is 2.38. The molecule has 0 aliphatic carbocycles. The lowest BCUT2D eigenvalue weighted by Crippen LogP contribution is -2.25. The normalized spacial score (nSPS) is 17.8. The Labute approximate surface area is 291 Å². The minimum Gasteiger partial charge on any atom is -0.357 e. The number of hydrogen-bond donors (Lipinski definition) is 1. The van der Waals surface area contributed by atoms with Crippen molar-refractivity contribution in [1.29, 1.82) is 0 Å². The summed E-state index contributed by atoms with van der Waals surface area (Å²) in [6.45, 7) is 0. The highest BCUT2D eigenvalue weighted by Gasteiger charge is 2.26. The first kappa shape index (κ1) is 29.5. The number of hydrogen-bond acceptors (Lipinski definition) is 4. The van der Waals surface area contributed by atoms with Crippen LogP contribution in [0.5, 0.6) is 0 Å². The number of rotatable bonds is 3. The van der Waals surface area contributed by atoms with Crippen molar-refractivity contribution in [3.8, 4) is 0 Å². The van der Waals surface area contributed by atoms with Crippen LogP contribution in [0.25, 0.3) is 22.3 Å². The Kier molecular flexibility index (Phi) is 7.13. The summed E-state index contributed by atoms with van der Waals surface area (Å²) in [5, 5.41) is 0. The van der Waals surface area contributed by atoms with E-state index in [1.54, 1.807) is 0 Å². The van der Waals surface area contributed by atoms with E-state index in [0.29, 0.717) is 0 Å². The van der Waals surface area contributed by atoms with E-state index in [1.807, 2.05) is 35.7 Å². The van der Waals surface area contributed by atoms with Gasteiger partial charge in [-0.15, -0.1) is 0 Å². The van der Waals surface area contributed by atoms with Crippen LogP contribution >= 0.6 is 0 Å². The van der Waals surface area contributed by atoms with Crippen LogP contribution in [0, 0.1) is 0 Å². The topological polar surface area (TPSA) is 60.0 Å². The third-order valence-corrected chi connectivity index (χ3v) is 9.34. The molecule has 5 aliphatic heterocycles. The summed E-state index contributed by atoms with van der Waals surface area (Å²) in [7, 11) is 4.06. The van der Waals surface area contributed by atoms with Gasteiger partial charge in [-0.2, -0.15) is 0 Å². The van der Waals surface area contributed by atoms with Gasteiger partial charge in [0.1, 0.15) is 7.05 Å². The maximum atomic E-state index is 5.35. The molecule has 5 aliphatic rings. The zero-order chi connectivity index (χ0) is 33.6. The maximum absolute atomic E-state index is 5.35. The minimum atomic E-state index is 0.864. The van der Waals surface area contributed by atoms with Crippen LogP contribution < -0.4 is 4.57 Å². The van der Waals surface area contributed by atoms with Crippen LogP contribution in [0.1, 0.15) is 28.1 Å². The Morgan fingerprint density at radius 2 is 0.920 bits per heavy atom. The van der Waals surface area contributed by atoms with Crippen molar-refractivity contribution in [2.45, 2.75) is 0 Å². The van der Waals surface area contributed by atoms with Crippen molar-refractivity contribution >= 4 is 39.4 Å². The molecule has 1 N–H and O–H groups in total. The van der Waals surface area contributed by atoms with Crippen LogP contribution in [-0.2, 0) is 7.05 Å². The van der Waals surface area contributed by atoms with E-state index >= 15 is 0 Å². The number of aryl methyl sites for hydroxylation is 1. The van der Waals surface area contributed by atoms with Gasteiger partial charge in [-0.05, 0) is 83.0 Å². The van der Waals surface area contributed by atoms with Gasteiger partial charge in [0.25, 0.3) is 0 Å². The fourth-order valence-corrected chi connectivity index (χ4v) is 6.89. The number of fused-ring (bicyclic) bond motifs is 5. The van der Waals surface area contributed by atoms with E-state index in [9.17, 15) is 0 Å². The Morgan fingerprint density at radius 3 is 1.44 bits per heavy atom. The number of allylic oxidation sites excluding steroid dienone is 12. The molecule has 238 valence electrons. The van der Waals surface area contributed by atoms with Gasteiger partial charge in [0.2, 0.25) is 0 Å². The van der Waals surface area contributed by atoms with Gasteiger partial charge in [0, 0.05) is 65.3 Å². The molecule has 0 radical (unpaired) electrons. The van der Waals surface area contributed by atoms with Crippen LogP contribution in [0.2, 0.25) is 0 Å². The molecule has 0 saturated heterocycles. The lowest BCUT2D eigenvalue weighted by atomic mass is 9.98. The molecule has 0 unspecified atom stereocenters. The first-order valence-corrected chi connectivity index (χ1v) is 16.7. The number of aromatic amines is 1. The van der Waals surface area contributed by atoms with Crippen molar-refractivity contribution in [1.82, 2.24) is 9.88 Å². The molecule has 2 aromatic carbocycles. The van der Waals surface area contributed by atoms with E-state index in [1.165, 1.54) is 0 Å². The van der Waals surface area contributed by atoms with Gasteiger partial charge in [0.15, 0.2) is 12.4 Å². The summed E-state index contributed by atoms with van der Waals surface area (Å²) in [5.74, 6) is 0. The quantitative estimate of drug-likeness (QED) is 0.225. The lowest BCUT2D eigenvalue weighted by molar-refractivity contribution is -0.671. The second-order valence-electron chi connectivity index (χ2n) is 12.7. The summed E-state index contributed by atoms with van der Waals surface area (Å²) < 4.78 is 2.05. The summed E-state index contributed by atoms with van der Waals surface area (Å²) >= 11 is 0. The zero-order valence-corrected chi connectivity index (χ0v) is 27.7. The van der Waals surface area contributed by atoms with Gasteiger partial charge in [-0.3, -0.25) is 0 Å². The molecule has 0 atom stereocenters. The summed E-state index contributed by atoms with van der Waals surface area (Å²) in [5.41, 5.74) is 15.5. The monoisotopic (exact) mass is 645 g/mol. The molecule has 7 heterocycles. The molecule has 0 spiro atoms. The molecule has 0 fully saturated rings. The van der Waals surface area contributed by atoms with Crippen molar-refractivity contribution in [3.63, 3.8) is 0 Å². The number of nitrogens with one attached hydrogen (secondary N) is 1. The lowest BCUT2D eigenvalue weighted by Gasteiger charge is -2.16. The first-order chi connectivity index (χ1) is 24.6. The molecular formula is C44H33N6+. The number of nitrogens with zero attached hydrogens (tertiary/aromatic N) is 5. The van der Waals surface area contributed by atoms with Gasteiger partial charge >= 0.3 is 0 Å². The molecule has 50 heavy (non-hydrogen) atoms. The molecule has 0 amide bonds. The van der Waals surface area contributed by atoms with E-state index < -0.39 is 0 Å². The Balaban J connectivity index is 1.36. The molecule has 0 saturated carbocycles. The van der Waals surface area contributed by atoms with Crippen molar-refractivity contribution in [2.75, 3.05) is 7.05 Å². The fraction of sp³-hybridized carbons (Fsp3) is 0.0455. The Hall–Kier alpha value is -6.66. The number of aromatic nitrogens is 2. The second-order valence-corrected chi connectivity index (χ2v) is 12.7. The van der Waals surface area contributed by atoms with Crippen molar-refractivity contribution in [3.05, 3.63) is 209 Å². The van der Waals surface area contributed by atoms with Crippen LogP contribution in [-0.4, -0.2) is 34.1 Å². The first-order valence-electron chi connectivity index (χ1n) is 16.7. The Morgan fingerprint density at radius 1 is 0.480 bits per heavy atom. The third-order valence-electron chi connectivity index (χ3n) is 9.34. The third kappa shape index (κ3) is 5.24. The molecule has 6 nitrogen and oxygen atoms in total. The number of benzene rings is 2. The zero-order valence-electron chi connectivity index (χ0n) is 27.7. The minimum absolute atomic E-state index is 0.864. The SMILES string of the molecule is CN1C=CC(=C2C3=NC(=C(c4ccccc4)C4=NC(=C(c5ccccc5)C5=NC(=C(c6cc[n+](C)cc6)c6ccc2[nH]6)C=C5)C=C4)C=C3)C=C1. The molecular weight excluding hydrogens is 613 g/mol. The van der Waals surface area contributed by atoms with Crippen molar-refractivity contribution in [2.24, 2.45) is 22.0 Å². The van der Waals surface area contributed by atoms with E-state index in [-0.39, 0.29) is 0 Å². The van der Waals surface area contributed by atoms with Crippen LogP contribution in [0.4, 0.5) is 0 Å². The smallest absolute Gasteiger partial charge is 0.169 e.